The Morgan fingerprint density at radius 1 is 1.44 bits per heavy atom. The van der Waals surface area contributed by atoms with E-state index >= 15 is 0 Å². The van der Waals surface area contributed by atoms with Crippen molar-refractivity contribution < 1.29 is 8.42 Å². The first kappa shape index (κ1) is 13.8. The van der Waals surface area contributed by atoms with Gasteiger partial charge in [-0.15, -0.1) is 11.8 Å². The lowest BCUT2D eigenvalue weighted by molar-refractivity contribution is 0.602. The zero-order valence-corrected chi connectivity index (χ0v) is 12.0. The molecule has 0 spiro atoms. The lowest BCUT2D eigenvalue weighted by Crippen LogP contribution is -2.12. The quantitative estimate of drug-likeness (QED) is 0.778. The normalized spacial score (nSPS) is 21.9. The van der Waals surface area contributed by atoms with Gasteiger partial charge >= 0.3 is 0 Å². The van der Waals surface area contributed by atoms with Crippen LogP contribution in [0.3, 0.4) is 0 Å². The third-order valence-electron chi connectivity index (χ3n) is 2.67. The van der Waals surface area contributed by atoms with Crippen molar-refractivity contribution in [3.8, 4) is 0 Å². The molecule has 0 aromatic carbocycles. The first-order valence-electron chi connectivity index (χ1n) is 5.58. The molecule has 0 aliphatic carbocycles. The average molecular weight is 260 g/mol. The summed E-state index contributed by atoms with van der Waals surface area (Å²) in [5.74, 6) is 1.13. The molecule has 0 saturated carbocycles. The second kappa shape index (κ2) is 5.41. The van der Waals surface area contributed by atoms with E-state index in [2.05, 4.69) is 32.3 Å². The molecule has 0 aromatic rings. The predicted octanol–water partition coefficient (Wildman–Crippen LogP) is 3.23. The van der Waals surface area contributed by atoms with Crippen LogP contribution in [0.1, 0.15) is 27.2 Å². The number of rotatable bonds is 4. The SMILES string of the molecule is CCC1C=C(CS(C)(=O)=O)SC=C1C(C)C. The largest absolute Gasteiger partial charge is 0.229 e. The van der Waals surface area contributed by atoms with Crippen LogP contribution in [0, 0.1) is 11.8 Å². The first-order valence-corrected chi connectivity index (χ1v) is 8.52. The Bertz CT molecular complexity index is 403. The van der Waals surface area contributed by atoms with Crippen molar-refractivity contribution in [2.24, 2.45) is 11.8 Å². The molecule has 0 N–H and O–H groups in total. The lowest BCUT2D eigenvalue weighted by atomic mass is 9.89. The van der Waals surface area contributed by atoms with Crippen LogP contribution in [0.2, 0.25) is 0 Å². The van der Waals surface area contributed by atoms with E-state index in [4.69, 9.17) is 0 Å². The van der Waals surface area contributed by atoms with Gasteiger partial charge < -0.3 is 0 Å². The van der Waals surface area contributed by atoms with Crippen LogP contribution in [-0.2, 0) is 9.84 Å². The third kappa shape index (κ3) is 3.98. The molecule has 1 heterocycles. The number of hydrogen-bond acceptors (Lipinski definition) is 3. The molecule has 1 aliphatic rings. The van der Waals surface area contributed by atoms with Gasteiger partial charge in [0.2, 0.25) is 0 Å². The van der Waals surface area contributed by atoms with Gasteiger partial charge in [-0.1, -0.05) is 32.4 Å². The minimum absolute atomic E-state index is 0.177. The predicted molar refractivity (Wildman–Crippen MR) is 72.1 cm³/mol. The Labute approximate surface area is 103 Å². The van der Waals surface area contributed by atoms with Gasteiger partial charge in [-0.25, -0.2) is 8.42 Å². The molecule has 1 unspecified atom stereocenters. The van der Waals surface area contributed by atoms with E-state index in [-0.39, 0.29) is 5.75 Å². The second-order valence-corrected chi connectivity index (χ2v) is 7.74. The minimum Gasteiger partial charge on any atom is -0.229 e. The molecule has 92 valence electrons. The van der Waals surface area contributed by atoms with E-state index in [1.807, 2.05) is 0 Å². The molecule has 0 amide bonds. The van der Waals surface area contributed by atoms with Gasteiger partial charge in [0.05, 0.1) is 5.75 Å². The van der Waals surface area contributed by atoms with Gasteiger partial charge in [0.15, 0.2) is 9.84 Å². The minimum atomic E-state index is -2.91. The molecule has 4 heteroatoms. The summed E-state index contributed by atoms with van der Waals surface area (Å²) in [6, 6.07) is 0. The molecule has 0 fully saturated rings. The summed E-state index contributed by atoms with van der Waals surface area (Å²) in [6.07, 6.45) is 4.45. The molecule has 0 saturated heterocycles. The van der Waals surface area contributed by atoms with Crippen molar-refractivity contribution in [1.82, 2.24) is 0 Å². The van der Waals surface area contributed by atoms with Gasteiger partial charge in [0.1, 0.15) is 0 Å². The molecular formula is C12H20O2S2. The number of sulfone groups is 1. The summed E-state index contributed by atoms with van der Waals surface area (Å²) in [5, 5.41) is 2.14. The van der Waals surface area contributed by atoms with Crippen LogP contribution < -0.4 is 0 Å². The van der Waals surface area contributed by atoms with Crippen molar-refractivity contribution in [2.75, 3.05) is 12.0 Å². The maximum Gasteiger partial charge on any atom is 0.152 e. The van der Waals surface area contributed by atoms with Crippen molar-refractivity contribution in [3.63, 3.8) is 0 Å². The van der Waals surface area contributed by atoms with E-state index in [9.17, 15) is 8.42 Å². The fourth-order valence-electron chi connectivity index (χ4n) is 1.85. The highest BCUT2D eigenvalue weighted by atomic mass is 32.2. The third-order valence-corrected chi connectivity index (χ3v) is 4.66. The lowest BCUT2D eigenvalue weighted by Gasteiger charge is -2.24. The van der Waals surface area contributed by atoms with Gasteiger partial charge in [-0.05, 0) is 23.7 Å². The van der Waals surface area contributed by atoms with Gasteiger partial charge in [0, 0.05) is 11.2 Å². The molecule has 0 bridgehead atoms. The van der Waals surface area contributed by atoms with Gasteiger partial charge in [0.25, 0.3) is 0 Å². The zero-order valence-electron chi connectivity index (χ0n) is 10.4. The van der Waals surface area contributed by atoms with E-state index in [0.717, 1.165) is 11.3 Å². The topological polar surface area (TPSA) is 34.1 Å². The Balaban J connectivity index is 2.82. The molecular weight excluding hydrogens is 240 g/mol. The number of thioether (sulfide) groups is 1. The molecule has 0 aromatic heterocycles. The number of hydrogen-bond donors (Lipinski definition) is 0. The Morgan fingerprint density at radius 2 is 2.06 bits per heavy atom. The van der Waals surface area contributed by atoms with Crippen LogP contribution in [-0.4, -0.2) is 20.4 Å². The molecule has 2 nitrogen and oxygen atoms in total. The van der Waals surface area contributed by atoms with Crippen molar-refractivity contribution in [1.29, 1.82) is 0 Å². The monoisotopic (exact) mass is 260 g/mol. The summed E-state index contributed by atoms with van der Waals surface area (Å²) in [4.78, 5) is 0.971. The first-order chi connectivity index (χ1) is 7.33. The molecule has 1 aliphatic heterocycles. The highest BCUT2D eigenvalue weighted by molar-refractivity contribution is 8.07. The Kier molecular flexibility index (Phi) is 4.68. The molecule has 0 radical (unpaired) electrons. The van der Waals surface area contributed by atoms with Crippen LogP contribution in [0.5, 0.6) is 0 Å². The van der Waals surface area contributed by atoms with Crippen molar-refractivity contribution >= 4 is 21.6 Å². The van der Waals surface area contributed by atoms with E-state index in [0.29, 0.717) is 11.8 Å². The van der Waals surface area contributed by atoms with Crippen LogP contribution >= 0.6 is 11.8 Å². The Morgan fingerprint density at radius 3 is 2.50 bits per heavy atom. The molecule has 1 atom stereocenters. The summed E-state index contributed by atoms with van der Waals surface area (Å²) in [5.41, 5.74) is 1.42. The molecule has 16 heavy (non-hydrogen) atoms. The van der Waals surface area contributed by atoms with Crippen molar-refractivity contribution in [3.05, 3.63) is 22.0 Å². The fraction of sp³-hybridized carbons (Fsp3) is 0.667. The maximum absolute atomic E-state index is 11.2. The summed E-state index contributed by atoms with van der Waals surface area (Å²) in [7, 11) is -2.91. The van der Waals surface area contributed by atoms with Crippen LogP contribution in [0.4, 0.5) is 0 Å². The van der Waals surface area contributed by atoms with Gasteiger partial charge in [-0.3, -0.25) is 0 Å². The van der Waals surface area contributed by atoms with Crippen LogP contribution in [0.25, 0.3) is 0 Å². The fourth-order valence-corrected chi connectivity index (χ4v) is 4.35. The smallest absolute Gasteiger partial charge is 0.152 e. The standard InChI is InChI=1S/C12H20O2S2/c1-5-10-6-11(8-16(4,13)14)15-7-12(10)9(2)3/h6-7,9-10H,5,8H2,1-4H3. The maximum atomic E-state index is 11.2. The van der Waals surface area contributed by atoms with E-state index in [1.165, 1.54) is 11.8 Å². The zero-order chi connectivity index (χ0) is 12.3. The summed E-state index contributed by atoms with van der Waals surface area (Å²) < 4.78 is 22.5. The number of allylic oxidation sites excluding steroid dienone is 2. The van der Waals surface area contributed by atoms with E-state index in [1.54, 1.807) is 11.8 Å². The highest BCUT2D eigenvalue weighted by Gasteiger charge is 2.20. The highest BCUT2D eigenvalue weighted by Crippen LogP contribution is 2.36. The van der Waals surface area contributed by atoms with Crippen molar-refractivity contribution in [2.45, 2.75) is 27.2 Å². The summed E-state index contributed by atoms with van der Waals surface area (Å²) >= 11 is 1.57. The Hall–Kier alpha value is -0.220. The average Bonchev–Trinajstić information content (AvgIpc) is 2.14. The van der Waals surface area contributed by atoms with Crippen LogP contribution in [0.15, 0.2) is 22.0 Å². The molecule has 1 rings (SSSR count). The van der Waals surface area contributed by atoms with Gasteiger partial charge in [-0.2, -0.15) is 0 Å². The summed E-state index contributed by atoms with van der Waals surface area (Å²) in [6.45, 7) is 6.51. The van der Waals surface area contributed by atoms with E-state index < -0.39 is 9.84 Å². The second-order valence-electron chi connectivity index (χ2n) is 4.61.